The quantitative estimate of drug-likeness (QED) is 0.844. The molecule has 1 aromatic heterocycles. The highest BCUT2D eigenvalue weighted by Gasteiger charge is 2.27. The van der Waals surface area contributed by atoms with Crippen LogP contribution in [0.2, 0.25) is 5.15 Å². The molecule has 1 fully saturated rings. The maximum Gasteiger partial charge on any atom is 0.135 e. The van der Waals surface area contributed by atoms with Gasteiger partial charge in [0.05, 0.1) is 0 Å². The van der Waals surface area contributed by atoms with Gasteiger partial charge in [0.1, 0.15) is 16.8 Å². The largest absolute Gasteiger partial charge is 0.340 e. The van der Waals surface area contributed by atoms with E-state index in [1.807, 2.05) is 0 Å². The molecule has 0 amide bonds. The van der Waals surface area contributed by atoms with Crippen LogP contribution in [0.15, 0.2) is 24.3 Å². The van der Waals surface area contributed by atoms with E-state index in [-0.39, 0.29) is 0 Å². The third-order valence-electron chi connectivity index (χ3n) is 3.43. The Morgan fingerprint density at radius 2 is 1.89 bits per heavy atom. The number of aryl methyl sites for hydroxylation is 2. The molecular formula is C15H16ClN3. The number of anilines is 2. The normalized spacial score (nSPS) is 14.5. The number of hydrogen-bond donors (Lipinski definition) is 1. The molecule has 2 aromatic rings. The molecular weight excluding hydrogens is 258 g/mol. The summed E-state index contributed by atoms with van der Waals surface area (Å²) in [6, 6.07) is 8.03. The van der Waals surface area contributed by atoms with Crippen molar-refractivity contribution in [1.82, 2.24) is 9.97 Å². The van der Waals surface area contributed by atoms with E-state index in [0.717, 1.165) is 17.3 Å². The zero-order valence-electron chi connectivity index (χ0n) is 11.1. The number of rotatable bonds is 3. The van der Waals surface area contributed by atoms with Gasteiger partial charge in [-0.1, -0.05) is 17.7 Å². The second kappa shape index (κ2) is 4.82. The van der Waals surface area contributed by atoms with Crippen LogP contribution in [-0.2, 0) is 0 Å². The summed E-state index contributed by atoms with van der Waals surface area (Å²) in [5.41, 5.74) is 3.57. The Labute approximate surface area is 118 Å². The van der Waals surface area contributed by atoms with E-state index in [0.29, 0.717) is 11.1 Å². The van der Waals surface area contributed by atoms with Gasteiger partial charge in [-0.3, -0.25) is 0 Å². The van der Waals surface area contributed by atoms with Crippen molar-refractivity contribution in [3.8, 4) is 0 Å². The second-order valence-corrected chi connectivity index (χ2v) is 5.52. The summed E-state index contributed by atoms with van der Waals surface area (Å²) in [5.74, 6) is 2.13. The topological polar surface area (TPSA) is 37.8 Å². The number of hydrogen-bond acceptors (Lipinski definition) is 3. The van der Waals surface area contributed by atoms with Crippen molar-refractivity contribution in [2.24, 2.45) is 0 Å². The molecule has 0 saturated heterocycles. The Morgan fingerprint density at radius 3 is 2.58 bits per heavy atom. The van der Waals surface area contributed by atoms with Gasteiger partial charge in [0.25, 0.3) is 0 Å². The van der Waals surface area contributed by atoms with Gasteiger partial charge >= 0.3 is 0 Å². The molecule has 1 aromatic carbocycles. The Balaban J connectivity index is 1.87. The summed E-state index contributed by atoms with van der Waals surface area (Å²) in [4.78, 5) is 8.82. The van der Waals surface area contributed by atoms with Crippen LogP contribution in [0.5, 0.6) is 0 Å². The van der Waals surface area contributed by atoms with Gasteiger partial charge < -0.3 is 5.32 Å². The van der Waals surface area contributed by atoms with Crippen LogP contribution in [0.3, 0.4) is 0 Å². The number of benzene rings is 1. The SMILES string of the molecule is Cc1ccc(Nc2cc(Cl)nc(C3CC3)n2)cc1C. The lowest BCUT2D eigenvalue weighted by Gasteiger charge is -2.09. The molecule has 1 N–H and O–H groups in total. The van der Waals surface area contributed by atoms with E-state index in [1.54, 1.807) is 6.07 Å². The van der Waals surface area contributed by atoms with E-state index in [9.17, 15) is 0 Å². The van der Waals surface area contributed by atoms with E-state index < -0.39 is 0 Å². The zero-order chi connectivity index (χ0) is 13.4. The standard InChI is InChI=1S/C15H16ClN3/c1-9-3-6-12(7-10(9)2)17-14-8-13(16)18-15(19-14)11-4-5-11/h3,6-8,11H,4-5H2,1-2H3,(H,17,18,19). The molecule has 19 heavy (non-hydrogen) atoms. The van der Waals surface area contributed by atoms with Crippen LogP contribution >= 0.6 is 11.6 Å². The van der Waals surface area contributed by atoms with Gasteiger partial charge in [-0.05, 0) is 49.9 Å². The minimum Gasteiger partial charge on any atom is -0.340 e. The number of aromatic nitrogens is 2. The molecule has 1 saturated carbocycles. The molecule has 0 unspecified atom stereocenters. The summed E-state index contributed by atoms with van der Waals surface area (Å²) in [5, 5.41) is 3.80. The monoisotopic (exact) mass is 273 g/mol. The third-order valence-corrected chi connectivity index (χ3v) is 3.63. The minimum atomic E-state index is 0.499. The lowest BCUT2D eigenvalue weighted by atomic mass is 10.1. The summed E-state index contributed by atoms with van der Waals surface area (Å²) < 4.78 is 0. The highest BCUT2D eigenvalue weighted by atomic mass is 35.5. The van der Waals surface area contributed by atoms with Crippen LogP contribution < -0.4 is 5.32 Å². The second-order valence-electron chi connectivity index (χ2n) is 5.13. The predicted octanol–water partition coefficient (Wildman–Crippen LogP) is 4.37. The number of nitrogens with zero attached hydrogens (tertiary/aromatic N) is 2. The molecule has 0 radical (unpaired) electrons. The van der Waals surface area contributed by atoms with Crippen molar-refractivity contribution in [3.63, 3.8) is 0 Å². The third kappa shape index (κ3) is 2.87. The van der Waals surface area contributed by atoms with Crippen molar-refractivity contribution in [2.75, 3.05) is 5.32 Å². The first-order chi connectivity index (χ1) is 9.11. The van der Waals surface area contributed by atoms with Crippen LogP contribution in [0.4, 0.5) is 11.5 Å². The van der Waals surface area contributed by atoms with E-state index >= 15 is 0 Å². The van der Waals surface area contributed by atoms with Crippen molar-refractivity contribution in [3.05, 3.63) is 46.4 Å². The summed E-state index contributed by atoms with van der Waals surface area (Å²) in [6.07, 6.45) is 2.34. The zero-order valence-corrected chi connectivity index (χ0v) is 11.8. The van der Waals surface area contributed by atoms with Gasteiger partial charge in [-0.25, -0.2) is 9.97 Å². The van der Waals surface area contributed by atoms with Crippen LogP contribution in [0.25, 0.3) is 0 Å². The molecule has 0 spiro atoms. The average molecular weight is 274 g/mol. The Bertz CT molecular complexity index is 621. The molecule has 3 rings (SSSR count). The fourth-order valence-electron chi connectivity index (χ4n) is 1.99. The molecule has 1 aliphatic rings. The van der Waals surface area contributed by atoms with Crippen molar-refractivity contribution < 1.29 is 0 Å². The van der Waals surface area contributed by atoms with Gasteiger partial charge in [0.2, 0.25) is 0 Å². The van der Waals surface area contributed by atoms with Crippen molar-refractivity contribution in [1.29, 1.82) is 0 Å². The lowest BCUT2D eigenvalue weighted by molar-refractivity contribution is 0.931. The fourth-order valence-corrected chi connectivity index (χ4v) is 2.18. The number of nitrogens with one attached hydrogen (secondary N) is 1. The smallest absolute Gasteiger partial charge is 0.135 e. The first kappa shape index (κ1) is 12.4. The number of halogens is 1. The predicted molar refractivity (Wildman–Crippen MR) is 78.2 cm³/mol. The molecule has 0 bridgehead atoms. The highest BCUT2D eigenvalue weighted by Crippen LogP contribution is 2.39. The van der Waals surface area contributed by atoms with Crippen molar-refractivity contribution in [2.45, 2.75) is 32.6 Å². The molecule has 3 nitrogen and oxygen atoms in total. The molecule has 98 valence electrons. The first-order valence-electron chi connectivity index (χ1n) is 6.50. The highest BCUT2D eigenvalue weighted by molar-refractivity contribution is 6.29. The van der Waals surface area contributed by atoms with Crippen molar-refractivity contribution >= 4 is 23.1 Å². The van der Waals surface area contributed by atoms with E-state index in [1.165, 1.54) is 24.0 Å². The fraction of sp³-hybridized carbons (Fsp3) is 0.333. The van der Waals surface area contributed by atoms with E-state index in [2.05, 4.69) is 47.3 Å². The maximum absolute atomic E-state index is 6.05. The first-order valence-corrected chi connectivity index (χ1v) is 6.88. The van der Waals surface area contributed by atoms with Gasteiger partial charge in [0, 0.05) is 17.7 Å². The van der Waals surface area contributed by atoms with Gasteiger partial charge in [0.15, 0.2) is 0 Å². The Hall–Kier alpha value is -1.61. The van der Waals surface area contributed by atoms with Crippen LogP contribution in [0, 0.1) is 13.8 Å². The summed E-state index contributed by atoms with van der Waals surface area (Å²) in [7, 11) is 0. The van der Waals surface area contributed by atoms with Crippen LogP contribution in [0.1, 0.15) is 35.7 Å². The lowest BCUT2D eigenvalue weighted by Crippen LogP contribution is -2.00. The maximum atomic E-state index is 6.05. The summed E-state index contributed by atoms with van der Waals surface area (Å²) >= 11 is 6.05. The minimum absolute atomic E-state index is 0.499. The molecule has 4 heteroatoms. The van der Waals surface area contributed by atoms with Gasteiger partial charge in [-0.2, -0.15) is 0 Å². The average Bonchev–Trinajstić information content (AvgIpc) is 3.17. The Morgan fingerprint density at radius 1 is 1.11 bits per heavy atom. The molecule has 0 atom stereocenters. The van der Waals surface area contributed by atoms with E-state index in [4.69, 9.17) is 11.6 Å². The Kier molecular flexibility index (Phi) is 3.15. The molecule has 0 aliphatic heterocycles. The van der Waals surface area contributed by atoms with Gasteiger partial charge in [-0.15, -0.1) is 0 Å². The van der Waals surface area contributed by atoms with Crippen LogP contribution in [-0.4, -0.2) is 9.97 Å². The molecule has 1 aliphatic carbocycles. The summed E-state index contributed by atoms with van der Waals surface area (Å²) in [6.45, 7) is 4.20. The molecule has 1 heterocycles.